The van der Waals surface area contributed by atoms with Crippen LogP contribution in [0.2, 0.25) is 0 Å². The Labute approximate surface area is 147 Å². The molecule has 0 spiro atoms. The number of anilines is 1. The molecule has 0 saturated heterocycles. The number of halogens is 1. The fourth-order valence-corrected chi connectivity index (χ4v) is 3.07. The minimum absolute atomic E-state index is 0. The summed E-state index contributed by atoms with van der Waals surface area (Å²) in [7, 11) is 1.92. The molecule has 5 nitrogen and oxygen atoms in total. The molecular formula is C19H22FN5. The summed E-state index contributed by atoms with van der Waals surface area (Å²) in [4.78, 5) is 8.89. The van der Waals surface area contributed by atoms with Gasteiger partial charge in [-0.3, -0.25) is 4.68 Å². The van der Waals surface area contributed by atoms with Crippen LogP contribution < -0.4 is 5.32 Å². The molecule has 130 valence electrons. The van der Waals surface area contributed by atoms with Gasteiger partial charge in [-0.1, -0.05) is 12.1 Å². The fraction of sp³-hybridized carbons (Fsp3) is 0.316. The zero-order valence-corrected chi connectivity index (χ0v) is 14.5. The van der Waals surface area contributed by atoms with E-state index in [0.717, 1.165) is 39.7 Å². The van der Waals surface area contributed by atoms with Gasteiger partial charge < -0.3 is 5.32 Å². The summed E-state index contributed by atoms with van der Waals surface area (Å²) in [5.41, 5.74) is 3.95. The highest BCUT2D eigenvalue weighted by Crippen LogP contribution is 2.33. The standard InChI is InChI=1S/C19H20FN5.H2/c1-19(2,20)11-22-18-21-9-15-14(5-7-17(15)23-18)12-4-6-16-13(8-12)10-25(3)24-16;/h4-6,8-10H,7,11H2,1-3H3,(H,21,22,23);1H. The number of rotatable bonds is 4. The van der Waals surface area contributed by atoms with Crippen LogP contribution in [0, 0.1) is 0 Å². The van der Waals surface area contributed by atoms with E-state index in [1.54, 1.807) is 0 Å². The first-order valence-corrected chi connectivity index (χ1v) is 8.32. The van der Waals surface area contributed by atoms with Gasteiger partial charge >= 0.3 is 0 Å². The Hall–Kier alpha value is -2.76. The molecule has 1 aromatic carbocycles. The van der Waals surface area contributed by atoms with Gasteiger partial charge in [0.25, 0.3) is 0 Å². The zero-order valence-electron chi connectivity index (χ0n) is 14.5. The minimum atomic E-state index is -1.30. The van der Waals surface area contributed by atoms with E-state index in [0.29, 0.717) is 5.95 Å². The van der Waals surface area contributed by atoms with Crippen molar-refractivity contribution in [1.82, 2.24) is 19.7 Å². The van der Waals surface area contributed by atoms with Crippen molar-refractivity contribution in [2.45, 2.75) is 25.9 Å². The van der Waals surface area contributed by atoms with Gasteiger partial charge in [-0.05, 0) is 37.1 Å². The second kappa shape index (κ2) is 5.65. The molecule has 0 bridgehead atoms. The van der Waals surface area contributed by atoms with E-state index in [4.69, 9.17) is 0 Å². The Kier molecular flexibility index (Phi) is 3.56. The van der Waals surface area contributed by atoms with Crippen molar-refractivity contribution in [2.75, 3.05) is 11.9 Å². The predicted molar refractivity (Wildman–Crippen MR) is 99.3 cm³/mol. The first kappa shape index (κ1) is 15.7. The molecule has 0 atom stereocenters. The van der Waals surface area contributed by atoms with E-state index < -0.39 is 5.67 Å². The molecule has 3 aromatic rings. The highest BCUT2D eigenvalue weighted by atomic mass is 19.1. The number of hydrogen-bond acceptors (Lipinski definition) is 4. The van der Waals surface area contributed by atoms with E-state index >= 15 is 0 Å². The minimum Gasteiger partial charge on any atom is -0.351 e. The van der Waals surface area contributed by atoms with Gasteiger partial charge in [0, 0.05) is 38.2 Å². The van der Waals surface area contributed by atoms with Gasteiger partial charge in [0.1, 0.15) is 5.67 Å². The second-order valence-corrected chi connectivity index (χ2v) is 7.02. The molecule has 4 rings (SSSR count). The summed E-state index contributed by atoms with van der Waals surface area (Å²) in [6.07, 6.45) is 6.76. The molecular weight excluding hydrogens is 317 g/mol. The van der Waals surface area contributed by atoms with Crippen molar-refractivity contribution in [3.8, 4) is 0 Å². The maximum atomic E-state index is 13.6. The van der Waals surface area contributed by atoms with Crippen LogP contribution >= 0.6 is 0 Å². The summed E-state index contributed by atoms with van der Waals surface area (Å²) in [5, 5.41) is 8.49. The molecule has 0 unspecified atom stereocenters. The Morgan fingerprint density at radius 3 is 3.00 bits per heavy atom. The molecule has 1 aliphatic carbocycles. The van der Waals surface area contributed by atoms with Gasteiger partial charge in [-0.2, -0.15) is 5.10 Å². The molecule has 0 aliphatic heterocycles. The SMILES string of the molecule is Cn1cc2cc(C3=CCc4nc(NCC(C)(C)F)ncc43)ccc2n1.[HH]. The second-order valence-electron chi connectivity index (χ2n) is 7.02. The highest BCUT2D eigenvalue weighted by molar-refractivity contribution is 5.89. The number of fused-ring (bicyclic) bond motifs is 2. The molecule has 6 heteroatoms. The number of hydrogen-bond donors (Lipinski definition) is 1. The lowest BCUT2D eigenvalue weighted by molar-refractivity contribution is 0.234. The Balaban J connectivity index is 0.00000196. The van der Waals surface area contributed by atoms with Crippen LogP contribution in [0.3, 0.4) is 0 Å². The molecule has 1 aliphatic rings. The zero-order chi connectivity index (χ0) is 17.6. The quantitative estimate of drug-likeness (QED) is 0.786. The lowest BCUT2D eigenvalue weighted by Crippen LogP contribution is -2.25. The van der Waals surface area contributed by atoms with Crippen LogP contribution in [0.4, 0.5) is 10.3 Å². The summed E-state index contributed by atoms with van der Waals surface area (Å²) < 4.78 is 15.4. The van der Waals surface area contributed by atoms with Crippen LogP contribution in [-0.2, 0) is 13.5 Å². The summed E-state index contributed by atoms with van der Waals surface area (Å²) in [5.74, 6) is 0.474. The van der Waals surface area contributed by atoms with Crippen LogP contribution in [0.25, 0.3) is 16.5 Å². The molecule has 0 saturated carbocycles. The third-order valence-corrected chi connectivity index (χ3v) is 4.25. The Bertz CT molecular complexity index is 987. The topological polar surface area (TPSA) is 55.6 Å². The average Bonchev–Trinajstić information content (AvgIpc) is 3.13. The van der Waals surface area contributed by atoms with Crippen molar-refractivity contribution in [3.63, 3.8) is 0 Å². The van der Waals surface area contributed by atoms with Crippen molar-refractivity contribution in [2.24, 2.45) is 7.05 Å². The molecule has 0 fully saturated rings. The molecule has 1 N–H and O–H groups in total. The monoisotopic (exact) mass is 339 g/mol. The third kappa shape index (κ3) is 3.12. The molecule has 2 heterocycles. The summed E-state index contributed by atoms with van der Waals surface area (Å²) >= 11 is 0. The Morgan fingerprint density at radius 2 is 2.20 bits per heavy atom. The average molecular weight is 339 g/mol. The van der Waals surface area contributed by atoms with Gasteiger partial charge in [0.15, 0.2) is 0 Å². The van der Waals surface area contributed by atoms with E-state index in [9.17, 15) is 4.39 Å². The smallest absolute Gasteiger partial charge is 0.223 e. The maximum Gasteiger partial charge on any atom is 0.223 e. The van der Waals surface area contributed by atoms with Crippen LogP contribution in [0.1, 0.15) is 32.1 Å². The molecule has 25 heavy (non-hydrogen) atoms. The van der Waals surface area contributed by atoms with Crippen molar-refractivity contribution < 1.29 is 5.82 Å². The number of allylic oxidation sites excluding steroid dienone is 1. The highest BCUT2D eigenvalue weighted by Gasteiger charge is 2.20. The third-order valence-electron chi connectivity index (χ3n) is 4.25. The predicted octanol–water partition coefficient (Wildman–Crippen LogP) is 3.76. The summed E-state index contributed by atoms with van der Waals surface area (Å²) in [6, 6.07) is 6.25. The van der Waals surface area contributed by atoms with Gasteiger partial charge in [-0.25, -0.2) is 14.4 Å². The maximum absolute atomic E-state index is 13.6. The van der Waals surface area contributed by atoms with Crippen LogP contribution in [0.5, 0.6) is 0 Å². The number of benzene rings is 1. The molecule has 0 amide bonds. The van der Waals surface area contributed by atoms with Crippen molar-refractivity contribution >= 4 is 22.4 Å². The van der Waals surface area contributed by atoms with E-state index in [1.165, 1.54) is 13.8 Å². The van der Waals surface area contributed by atoms with E-state index in [-0.39, 0.29) is 7.97 Å². The van der Waals surface area contributed by atoms with Crippen LogP contribution in [-0.4, -0.2) is 32.0 Å². The van der Waals surface area contributed by atoms with Gasteiger partial charge in [-0.15, -0.1) is 0 Å². The van der Waals surface area contributed by atoms with E-state index in [2.05, 4.69) is 38.6 Å². The normalized spacial score (nSPS) is 13.8. The number of nitrogens with zero attached hydrogens (tertiary/aromatic N) is 4. The van der Waals surface area contributed by atoms with Gasteiger partial charge in [0.2, 0.25) is 5.95 Å². The van der Waals surface area contributed by atoms with Crippen LogP contribution in [0.15, 0.2) is 36.7 Å². The first-order chi connectivity index (χ1) is 11.9. The number of alkyl halides is 1. The van der Waals surface area contributed by atoms with Gasteiger partial charge in [0.05, 0.1) is 17.8 Å². The van der Waals surface area contributed by atoms with Crippen molar-refractivity contribution in [3.05, 3.63) is 53.5 Å². The molecule has 0 radical (unpaired) electrons. The fourth-order valence-electron chi connectivity index (χ4n) is 3.07. The summed E-state index contributed by atoms with van der Waals surface area (Å²) in [6.45, 7) is 3.24. The lowest BCUT2D eigenvalue weighted by Gasteiger charge is -2.15. The Morgan fingerprint density at radius 1 is 1.36 bits per heavy atom. The van der Waals surface area contributed by atoms with Crippen molar-refractivity contribution in [1.29, 1.82) is 0 Å². The number of aryl methyl sites for hydroxylation is 1. The number of nitrogens with one attached hydrogen (secondary N) is 1. The number of aromatic nitrogens is 4. The largest absolute Gasteiger partial charge is 0.351 e. The molecule has 2 aromatic heterocycles. The lowest BCUT2D eigenvalue weighted by atomic mass is 10.0. The first-order valence-electron chi connectivity index (χ1n) is 8.32. The van der Waals surface area contributed by atoms with E-state index in [1.807, 2.05) is 30.2 Å².